The summed E-state index contributed by atoms with van der Waals surface area (Å²) in [6.45, 7) is 0. The molecule has 0 aliphatic carbocycles. The van der Waals surface area contributed by atoms with Crippen molar-refractivity contribution < 1.29 is 0 Å². The Balaban J connectivity index is 0.000000132. The van der Waals surface area contributed by atoms with Gasteiger partial charge >= 0.3 is 0 Å². The number of hydrogen-bond acceptors (Lipinski definition) is 2. The molecule has 1 aromatic carbocycles. The van der Waals surface area contributed by atoms with Crippen LogP contribution in [0, 0.1) is 0 Å². The van der Waals surface area contributed by atoms with E-state index in [2.05, 4.69) is 10.2 Å². The van der Waals surface area contributed by atoms with Gasteiger partial charge in [-0.25, -0.2) is 0 Å². The van der Waals surface area contributed by atoms with E-state index in [4.69, 9.17) is 11.6 Å². The zero-order chi connectivity index (χ0) is 9.36. The number of benzene rings is 1. The van der Waals surface area contributed by atoms with Gasteiger partial charge in [0.05, 0.1) is 0 Å². The van der Waals surface area contributed by atoms with Crippen LogP contribution in [0.5, 0.6) is 0 Å². The number of rotatable bonds is 0. The minimum absolute atomic E-state index is 0.794. The molecular formula is C10H9ClN2. The van der Waals surface area contributed by atoms with Gasteiger partial charge in [0.25, 0.3) is 0 Å². The van der Waals surface area contributed by atoms with Crippen LogP contribution in [0.1, 0.15) is 0 Å². The molecule has 3 heteroatoms. The average molecular weight is 193 g/mol. The largest absolute Gasteiger partial charge is 0.159 e. The lowest BCUT2D eigenvalue weighted by molar-refractivity contribution is 1.03. The second-order valence-corrected chi connectivity index (χ2v) is 2.65. The van der Waals surface area contributed by atoms with Crippen LogP contribution in [-0.2, 0) is 0 Å². The van der Waals surface area contributed by atoms with Gasteiger partial charge in [-0.2, -0.15) is 10.2 Å². The van der Waals surface area contributed by atoms with Gasteiger partial charge in [-0.15, -0.1) is 0 Å². The van der Waals surface area contributed by atoms with Gasteiger partial charge in [-0.1, -0.05) is 29.8 Å². The highest BCUT2D eigenvalue weighted by atomic mass is 35.5. The second-order valence-electron chi connectivity index (χ2n) is 2.21. The molecule has 0 aliphatic heterocycles. The normalized spacial score (nSPS) is 8.38. The summed E-state index contributed by atoms with van der Waals surface area (Å²) in [5.74, 6) is 0. The van der Waals surface area contributed by atoms with Gasteiger partial charge < -0.3 is 0 Å². The molecule has 13 heavy (non-hydrogen) atoms. The Bertz CT molecular complexity index is 283. The minimum Gasteiger partial charge on any atom is -0.159 e. The van der Waals surface area contributed by atoms with Crippen LogP contribution < -0.4 is 0 Å². The highest BCUT2D eigenvalue weighted by molar-refractivity contribution is 6.30. The van der Waals surface area contributed by atoms with Crippen molar-refractivity contribution in [3.05, 3.63) is 59.9 Å². The number of aromatic nitrogens is 2. The predicted molar refractivity (Wildman–Crippen MR) is 53.5 cm³/mol. The first-order chi connectivity index (χ1) is 6.39. The van der Waals surface area contributed by atoms with Crippen LogP contribution in [0.15, 0.2) is 54.9 Å². The van der Waals surface area contributed by atoms with Gasteiger partial charge in [-0.05, 0) is 24.3 Å². The smallest absolute Gasteiger partial charge is 0.0496 e. The summed E-state index contributed by atoms with van der Waals surface area (Å²) in [5.41, 5.74) is 0. The minimum atomic E-state index is 0.794. The van der Waals surface area contributed by atoms with Crippen LogP contribution >= 0.6 is 11.6 Å². The summed E-state index contributed by atoms with van der Waals surface area (Å²) in [4.78, 5) is 0. The number of nitrogens with zero attached hydrogens (tertiary/aromatic N) is 2. The fourth-order valence-electron chi connectivity index (χ4n) is 0.668. The van der Waals surface area contributed by atoms with Crippen LogP contribution in [0.3, 0.4) is 0 Å². The standard InChI is InChI=1S/C6H5Cl.C4H4N2/c7-6-4-2-1-3-5-6;1-2-4-6-5-3-1/h1-5H;1-4H. The van der Waals surface area contributed by atoms with Crippen molar-refractivity contribution in [1.29, 1.82) is 0 Å². The molecular weight excluding hydrogens is 184 g/mol. The van der Waals surface area contributed by atoms with Gasteiger partial charge in [0.2, 0.25) is 0 Å². The van der Waals surface area contributed by atoms with Crippen LogP contribution in [-0.4, -0.2) is 10.2 Å². The molecule has 0 bridgehead atoms. The summed E-state index contributed by atoms with van der Waals surface area (Å²) in [5, 5.41) is 7.86. The molecule has 0 saturated heterocycles. The second kappa shape index (κ2) is 6.14. The maximum atomic E-state index is 5.54. The SMILES string of the molecule is Clc1ccccc1.c1ccnnc1. The molecule has 0 amide bonds. The van der Waals surface area contributed by atoms with Gasteiger partial charge in [0, 0.05) is 17.4 Å². The molecule has 1 heterocycles. The molecule has 0 saturated carbocycles. The molecule has 0 radical (unpaired) electrons. The molecule has 0 N–H and O–H groups in total. The predicted octanol–water partition coefficient (Wildman–Crippen LogP) is 2.82. The molecule has 0 spiro atoms. The molecule has 2 aromatic rings. The number of hydrogen-bond donors (Lipinski definition) is 0. The molecule has 1 aromatic heterocycles. The van der Waals surface area contributed by atoms with Gasteiger partial charge in [0.15, 0.2) is 0 Å². The molecule has 0 atom stereocenters. The summed E-state index contributed by atoms with van der Waals surface area (Å²) in [6.07, 6.45) is 3.28. The Labute approximate surface area is 82.2 Å². The first-order valence-electron chi connectivity index (χ1n) is 3.82. The first-order valence-corrected chi connectivity index (χ1v) is 4.19. The highest BCUT2D eigenvalue weighted by Gasteiger charge is 1.74. The molecule has 0 fully saturated rings. The van der Waals surface area contributed by atoms with E-state index >= 15 is 0 Å². The lowest BCUT2D eigenvalue weighted by Gasteiger charge is -1.80. The highest BCUT2D eigenvalue weighted by Crippen LogP contribution is 2.03. The van der Waals surface area contributed by atoms with Crippen molar-refractivity contribution in [3.63, 3.8) is 0 Å². The van der Waals surface area contributed by atoms with Crippen LogP contribution in [0.4, 0.5) is 0 Å². The summed E-state index contributed by atoms with van der Waals surface area (Å²) in [6, 6.07) is 13.1. The van der Waals surface area contributed by atoms with Crippen LogP contribution in [0.2, 0.25) is 5.02 Å². The maximum Gasteiger partial charge on any atom is 0.0496 e. The maximum absolute atomic E-state index is 5.54. The molecule has 66 valence electrons. The van der Waals surface area contributed by atoms with Crippen molar-refractivity contribution in [1.82, 2.24) is 10.2 Å². The van der Waals surface area contributed by atoms with Crippen LogP contribution in [0.25, 0.3) is 0 Å². The summed E-state index contributed by atoms with van der Waals surface area (Å²) in [7, 11) is 0. The van der Waals surface area contributed by atoms with E-state index in [0.717, 1.165) is 5.02 Å². The zero-order valence-corrected chi connectivity index (χ0v) is 7.72. The number of halogens is 1. The third-order valence-electron chi connectivity index (χ3n) is 1.22. The summed E-state index contributed by atoms with van der Waals surface area (Å²) >= 11 is 5.54. The van der Waals surface area contributed by atoms with Crippen molar-refractivity contribution >= 4 is 11.6 Å². The molecule has 0 aliphatic rings. The first kappa shape index (κ1) is 9.68. The van der Waals surface area contributed by atoms with E-state index in [9.17, 15) is 0 Å². The fraction of sp³-hybridized carbons (Fsp3) is 0. The lowest BCUT2D eigenvalue weighted by Crippen LogP contribution is -1.69. The fourth-order valence-corrected chi connectivity index (χ4v) is 0.813. The van der Waals surface area contributed by atoms with E-state index in [-0.39, 0.29) is 0 Å². The Morgan fingerprint density at radius 2 is 1.31 bits per heavy atom. The zero-order valence-electron chi connectivity index (χ0n) is 6.97. The topological polar surface area (TPSA) is 25.8 Å². The van der Waals surface area contributed by atoms with Gasteiger partial charge in [-0.3, -0.25) is 0 Å². The monoisotopic (exact) mass is 192 g/mol. The molecule has 2 rings (SSSR count). The van der Waals surface area contributed by atoms with E-state index < -0.39 is 0 Å². The Kier molecular flexibility index (Phi) is 4.57. The molecule has 0 unspecified atom stereocenters. The Morgan fingerprint density at radius 3 is 1.54 bits per heavy atom. The quantitative estimate of drug-likeness (QED) is 0.642. The van der Waals surface area contributed by atoms with Crippen molar-refractivity contribution in [2.45, 2.75) is 0 Å². The van der Waals surface area contributed by atoms with E-state index in [1.165, 1.54) is 0 Å². The van der Waals surface area contributed by atoms with Gasteiger partial charge in [0.1, 0.15) is 0 Å². The van der Waals surface area contributed by atoms with E-state index in [1.807, 2.05) is 42.5 Å². The van der Waals surface area contributed by atoms with E-state index in [1.54, 1.807) is 12.4 Å². The lowest BCUT2D eigenvalue weighted by atomic mass is 10.4. The van der Waals surface area contributed by atoms with E-state index in [0.29, 0.717) is 0 Å². The third kappa shape index (κ3) is 4.93. The molecule has 2 nitrogen and oxygen atoms in total. The van der Waals surface area contributed by atoms with Crippen molar-refractivity contribution in [2.75, 3.05) is 0 Å². The van der Waals surface area contributed by atoms with Crippen molar-refractivity contribution in [3.8, 4) is 0 Å². The Morgan fingerprint density at radius 1 is 0.769 bits per heavy atom. The van der Waals surface area contributed by atoms with Crippen molar-refractivity contribution in [2.24, 2.45) is 0 Å². The third-order valence-corrected chi connectivity index (χ3v) is 1.47. The summed E-state index contributed by atoms with van der Waals surface area (Å²) < 4.78 is 0. The average Bonchev–Trinajstić information content (AvgIpc) is 2.22. The Hall–Kier alpha value is -1.41.